The number of methoxy groups -OCH3 is 2. The molecule has 8 heteroatoms. The number of nitrogens with zero attached hydrogens (tertiary/aromatic N) is 3. The number of hydrogen-bond donors (Lipinski definition) is 1. The van der Waals surface area contributed by atoms with E-state index in [4.69, 9.17) is 9.47 Å². The van der Waals surface area contributed by atoms with Crippen molar-refractivity contribution in [2.45, 2.75) is 30.3 Å². The minimum absolute atomic E-state index is 0.0973. The largest absolute Gasteiger partial charge is 0.383 e. The van der Waals surface area contributed by atoms with Crippen molar-refractivity contribution in [3.63, 3.8) is 0 Å². The smallest absolute Gasteiger partial charge is 0.251 e. The summed E-state index contributed by atoms with van der Waals surface area (Å²) < 4.78 is 12.5. The van der Waals surface area contributed by atoms with E-state index >= 15 is 0 Å². The molecule has 0 fully saturated rings. The fraction of sp³-hybridized carbons (Fsp3) is 0.375. The van der Waals surface area contributed by atoms with Gasteiger partial charge in [-0.05, 0) is 30.2 Å². The summed E-state index contributed by atoms with van der Waals surface area (Å²) in [6.07, 6.45) is 0.718. The zero-order valence-corrected chi connectivity index (χ0v) is 19.6. The maximum absolute atomic E-state index is 12.1. The van der Waals surface area contributed by atoms with Gasteiger partial charge in [0.15, 0.2) is 5.16 Å². The number of hydrogen-bond acceptors (Lipinski definition) is 6. The van der Waals surface area contributed by atoms with Crippen LogP contribution in [0.15, 0.2) is 59.8 Å². The summed E-state index contributed by atoms with van der Waals surface area (Å²) in [5.74, 6) is 1.56. The van der Waals surface area contributed by atoms with Crippen LogP contribution in [-0.2, 0) is 21.6 Å². The van der Waals surface area contributed by atoms with Gasteiger partial charge < -0.3 is 19.4 Å². The van der Waals surface area contributed by atoms with Gasteiger partial charge in [0.1, 0.15) is 5.82 Å². The molecule has 0 unspecified atom stereocenters. The Morgan fingerprint density at radius 1 is 1.03 bits per heavy atom. The van der Waals surface area contributed by atoms with Crippen molar-refractivity contribution in [3.05, 3.63) is 77.1 Å². The lowest BCUT2D eigenvalue weighted by atomic mass is 10.1. The number of ether oxygens (including phenoxy) is 2. The second kappa shape index (κ2) is 12.4. The van der Waals surface area contributed by atoms with E-state index in [1.165, 1.54) is 5.56 Å². The van der Waals surface area contributed by atoms with Gasteiger partial charge in [0.25, 0.3) is 5.91 Å². The molecule has 2 aromatic carbocycles. The number of carbonyl (C=O) groups excluding carboxylic acids is 1. The predicted octanol–water partition coefficient (Wildman–Crippen LogP) is 3.74. The maximum Gasteiger partial charge on any atom is 0.251 e. The van der Waals surface area contributed by atoms with Crippen LogP contribution in [0.4, 0.5) is 0 Å². The van der Waals surface area contributed by atoms with Crippen molar-refractivity contribution >= 4 is 17.7 Å². The van der Waals surface area contributed by atoms with E-state index < -0.39 is 0 Å². The van der Waals surface area contributed by atoms with Crippen molar-refractivity contribution in [2.75, 3.05) is 34.0 Å². The SMILES string of the molecule is COCCNC(=O)c1ccc(CSc2nnc(Cc3ccccc3)n2[C@H](C)COC)cc1. The van der Waals surface area contributed by atoms with Gasteiger partial charge in [-0.15, -0.1) is 10.2 Å². The number of rotatable bonds is 12. The quantitative estimate of drug-likeness (QED) is 0.332. The molecule has 0 spiro atoms. The summed E-state index contributed by atoms with van der Waals surface area (Å²) in [4.78, 5) is 12.1. The Morgan fingerprint density at radius 2 is 1.78 bits per heavy atom. The van der Waals surface area contributed by atoms with Crippen LogP contribution in [0.1, 0.15) is 40.3 Å². The summed E-state index contributed by atoms with van der Waals surface area (Å²) in [7, 11) is 3.32. The van der Waals surface area contributed by atoms with Crippen molar-refractivity contribution in [3.8, 4) is 0 Å². The Morgan fingerprint density at radius 3 is 2.47 bits per heavy atom. The first kappa shape index (κ1) is 24.0. The van der Waals surface area contributed by atoms with Gasteiger partial charge in [-0.3, -0.25) is 4.79 Å². The summed E-state index contributed by atoms with van der Waals surface area (Å²) in [6, 6.07) is 18.0. The summed E-state index contributed by atoms with van der Waals surface area (Å²) in [6.45, 7) is 3.69. The molecule has 0 bridgehead atoms. The molecule has 0 radical (unpaired) electrons. The zero-order valence-electron chi connectivity index (χ0n) is 18.8. The normalized spacial score (nSPS) is 12.0. The highest BCUT2D eigenvalue weighted by Crippen LogP contribution is 2.26. The van der Waals surface area contributed by atoms with E-state index in [1.807, 2.05) is 42.5 Å². The molecule has 0 aliphatic rings. The van der Waals surface area contributed by atoms with Gasteiger partial charge in [0.05, 0.1) is 19.3 Å². The van der Waals surface area contributed by atoms with E-state index in [9.17, 15) is 4.79 Å². The Labute approximate surface area is 193 Å². The summed E-state index contributed by atoms with van der Waals surface area (Å²) >= 11 is 1.63. The molecule has 0 aliphatic heterocycles. The summed E-state index contributed by atoms with van der Waals surface area (Å²) in [5, 5.41) is 12.6. The van der Waals surface area contributed by atoms with Gasteiger partial charge >= 0.3 is 0 Å². The number of thioether (sulfide) groups is 1. The molecule has 0 saturated heterocycles. The van der Waals surface area contributed by atoms with Crippen molar-refractivity contribution in [1.29, 1.82) is 0 Å². The Bertz CT molecular complexity index is 977. The Balaban J connectivity index is 1.68. The number of amides is 1. The number of benzene rings is 2. The topological polar surface area (TPSA) is 78.3 Å². The molecule has 170 valence electrons. The van der Waals surface area contributed by atoms with Gasteiger partial charge in [-0.25, -0.2) is 0 Å². The molecular formula is C24H30N4O3S. The highest BCUT2D eigenvalue weighted by molar-refractivity contribution is 7.98. The van der Waals surface area contributed by atoms with Crippen LogP contribution in [0.5, 0.6) is 0 Å². The van der Waals surface area contributed by atoms with Crippen LogP contribution in [-0.4, -0.2) is 54.6 Å². The van der Waals surface area contributed by atoms with E-state index in [2.05, 4.69) is 39.1 Å². The first-order valence-electron chi connectivity index (χ1n) is 10.6. The molecule has 1 atom stereocenters. The lowest BCUT2D eigenvalue weighted by molar-refractivity contribution is 0.0937. The number of aromatic nitrogens is 3. The average molecular weight is 455 g/mol. The fourth-order valence-electron chi connectivity index (χ4n) is 3.33. The molecule has 3 rings (SSSR count). The fourth-order valence-corrected chi connectivity index (χ4v) is 4.34. The summed E-state index contributed by atoms with van der Waals surface area (Å²) in [5.41, 5.74) is 2.94. The molecule has 7 nitrogen and oxygen atoms in total. The molecule has 3 aromatic rings. The first-order valence-corrected chi connectivity index (χ1v) is 11.6. The molecule has 32 heavy (non-hydrogen) atoms. The maximum atomic E-state index is 12.1. The van der Waals surface area contributed by atoms with E-state index in [0.717, 1.165) is 28.7 Å². The zero-order chi connectivity index (χ0) is 22.8. The third kappa shape index (κ3) is 6.66. The minimum atomic E-state index is -0.0973. The Kier molecular flexibility index (Phi) is 9.27. The minimum Gasteiger partial charge on any atom is -0.383 e. The predicted molar refractivity (Wildman–Crippen MR) is 126 cm³/mol. The van der Waals surface area contributed by atoms with Gasteiger partial charge in [0.2, 0.25) is 0 Å². The van der Waals surface area contributed by atoms with E-state index in [-0.39, 0.29) is 11.9 Å². The highest BCUT2D eigenvalue weighted by atomic mass is 32.2. The van der Waals surface area contributed by atoms with Gasteiger partial charge in [0, 0.05) is 38.5 Å². The first-order chi connectivity index (χ1) is 15.6. The van der Waals surface area contributed by atoms with Crippen LogP contribution in [0.2, 0.25) is 0 Å². The van der Waals surface area contributed by atoms with Crippen LogP contribution in [0.3, 0.4) is 0 Å². The Hall–Kier alpha value is -2.68. The van der Waals surface area contributed by atoms with E-state index in [0.29, 0.717) is 25.3 Å². The van der Waals surface area contributed by atoms with E-state index in [1.54, 1.807) is 26.0 Å². The molecule has 0 aliphatic carbocycles. The molecule has 0 saturated carbocycles. The molecule has 1 aromatic heterocycles. The van der Waals surface area contributed by atoms with Gasteiger partial charge in [-0.1, -0.05) is 54.2 Å². The lowest BCUT2D eigenvalue weighted by Gasteiger charge is -2.17. The monoisotopic (exact) mass is 454 g/mol. The number of nitrogens with one attached hydrogen (secondary N) is 1. The van der Waals surface area contributed by atoms with Gasteiger partial charge in [-0.2, -0.15) is 0 Å². The second-order valence-corrected chi connectivity index (χ2v) is 8.41. The van der Waals surface area contributed by atoms with Crippen LogP contribution in [0.25, 0.3) is 0 Å². The third-order valence-electron chi connectivity index (χ3n) is 4.96. The second-order valence-electron chi connectivity index (χ2n) is 7.47. The standard InChI is InChI=1S/C24H30N4O3S/c1-18(16-31-3)28-22(15-19-7-5-4-6-8-19)26-27-24(28)32-17-20-9-11-21(12-10-20)23(29)25-13-14-30-2/h4-12,18H,13-17H2,1-3H3,(H,25,29)/t18-/m1/s1. The average Bonchev–Trinajstić information content (AvgIpc) is 3.21. The molecule has 1 N–H and O–H groups in total. The van der Waals surface area contributed by atoms with Crippen molar-refractivity contribution in [2.24, 2.45) is 0 Å². The van der Waals surface area contributed by atoms with Crippen LogP contribution in [0, 0.1) is 0 Å². The number of carbonyl (C=O) groups is 1. The van der Waals surface area contributed by atoms with Crippen molar-refractivity contribution < 1.29 is 14.3 Å². The molecule has 1 amide bonds. The lowest BCUT2D eigenvalue weighted by Crippen LogP contribution is -2.26. The molecular weight excluding hydrogens is 424 g/mol. The highest BCUT2D eigenvalue weighted by Gasteiger charge is 2.18. The molecule has 1 heterocycles. The van der Waals surface area contributed by atoms with Crippen LogP contribution < -0.4 is 5.32 Å². The van der Waals surface area contributed by atoms with Crippen LogP contribution >= 0.6 is 11.8 Å². The van der Waals surface area contributed by atoms with Crippen molar-refractivity contribution in [1.82, 2.24) is 20.1 Å². The third-order valence-corrected chi connectivity index (χ3v) is 5.98.